The van der Waals surface area contributed by atoms with Crippen molar-refractivity contribution in [2.45, 2.75) is 38.1 Å². The molecule has 2 nitrogen and oxygen atoms in total. The minimum Gasteiger partial charge on any atom is -0.327 e. The van der Waals surface area contributed by atoms with E-state index < -0.39 is 0 Å². The highest BCUT2D eigenvalue weighted by atomic mass is 127. The van der Waals surface area contributed by atoms with Gasteiger partial charge in [0.05, 0.1) is 16.9 Å². The molecule has 3 rings (SSSR count). The van der Waals surface area contributed by atoms with E-state index in [2.05, 4.69) is 50.3 Å². The zero-order valence-corrected chi connectivity index (χ0v) is 13.1. The minimum atomic E-state index is 0.498. The van der Waals surface area contributed by atoms with Crippen molar-refractivity contribution in [2.75, 3.05) is 0 Å². The second-order valence-corrected chi connectivity index (χ2v) is 6.57. The first kappa shape index (κ1) is 12.7. The molecule has 0 unspecified atom stereocenters. The van der Waals surface area contributed by atoms with Gasteiger partial charge >= 0.3 is 0 Å². The predicted octanol–water partition coefficient (Wildman–Crippen LogP) is 4.57. The predicted molar refractivity (Wildman–Crippen MR) is 84.0 cm³/mol. The van der Waals surface area contributed by atoms with Gasteiger partial charge in [0.1, 0.15) is 5.82 Å². The number of nitrogens with zero attached hydrogens (tertiary/aromatic N) is 2. The van der Waals surface area contributed by atoms with Crippen LogP contribution < -0.4 is 0 Å². The molecule has 1 aromatic carbocycles. The third-order valence-corrected chi connectivity index (χ3v) is 4.73. The van der Waals surface area contributed by atoms with Gasteiger partial charge in [-0.25, -0.2) is 4.98 Å². The number of imidazole rings is 1. The van der Waals surface area contributed by atoms with Crippen LogP contribution in [0.3, 0.4) is 0 Å². The maximum atomic E-state index is 6.04. The fourth-order valence-corrected chi connectivity index (χ4v) is 3.59. The number of halogens is 2. The van der Waals surface area contributed by atoms with Crippen LogP contribution >= 0.6 is 34.2 Å². The van der Waals surface area contributed by atoms with Crippen LogP contribution in [0.25, 0.3) is 11.0 Å². The number of hydrogen-bond donors (Lipinski definition) is 0. The normalized spacial score (nSPS) is 16.8. The Labute approximate surface area is 126 Å². The quantitative estimate of drug-likeness (QED) is 0.568. The molecule has 96 valence electrons. The molecule has 0 amide bonds. The Balaban J connectivity index is 2.01. The van der Waals surface area contributed by atoms with Crippen molar-refractivity contribution in [2.24, 2.45) is 5.92 Å². The van der Waals surface area contributed by atoms with Crippen molar-refractivity contribution in [1.29, 1.82) is 0 Å². The molecule has 0 bridgehead atoms. The summed E-state index contributed by atoms with van der Waals surface area (Å²) < 4.78 is 3.56. The molecular formula is C14H16ClIN2. The van der Waals surface area contributed by atoms with Crippen molar-refractivity contribution in [3.63, 3.8) is 0 Å². The third-order valence-electron chi connectivity index (χ3n) is 3.82. The van der Waals surface area contributed by atoms with Gasteiger partial charge in [-0.2, -0.15) is 0 Å². The molecule has 1 aliphatic carbocycles. The van der Waals surface area contributed by atoms with E-state index in [1.165, 1.54) is 34.8 Å². The average Bonchev–Trinajstić information content (AvgIpc) is 2.97. The summed E-state index contributed by atoms with van der Waals surface area (Å²) in [6.07, 6.45) is 5.47. The second kappa shape index (κ2) is 5.37. The molecule has 1 saturated carbocycles. The molecule has 0 aliphatic heterocycles. The summed E-state index contributed by atoms with van der Waals surface area (Å²) >= 11 is 8.37. The Morgan fingerprint density at radius 3 is 2.83 bits per heavy atom. The van der Waals surface area contributed by atoms with Crippen molar-refractivity contribution in [3.05, 3.63) is 27.6 Å². The molecule has 0 spiro atoms. The number of hydrogen-bond acceptors (Lipinski definition) is 1. The molecular weight excluding hydrogens is 359 g/mol. The van der Waals surface area contributed by atoms with E-state index >= 15 is 0 Å². The number of fused-ring (bicyclic) bond motifs is 1. The molecule has 2 aromatic rings. The smallest absolute Gasteiger partial charge is 0.124 e. The van der Waals surface area contributed by atoms with Gasteiger partial charge in [0, 0.05) is 10.1 Å². The Morgan fingerprint density at radius 1 is 1.33 bits per heavy atom. The Kier molecular flexibility index (Phi) is 3.80. The zero-order chi connectivity index (χ0) is 12.5. The van der Waals surface area contributed by atoms with E-state index in [0.29, 0.717) is 5.88 Å². The largest absolute Gasteiger partial charge is 0.327 e. The van der Waals surface area contributed by atoms with E-state index in [4.69, 9.17) is 11.6 Å². The summed E-state index contributed by atoms with van der Waals surface area (Å²) in [6, 6.07) is 6.46. The Hall–Kier alpha value is -0.290. The maximum Gasteiger partial charge on any atom is 0.124 e. The lowest BCUT2D eigenvalue weighted by Gasteiger charge is -2.13. The molecule has 1 heterocycles. The lowest BCUT2D eigenvalue weighted by atomic mass is 10.1. The molecule has 18 heavy (non-hydrogen) atoms. The number of aromatic nitrogens is 2. The molecule has 0 saturated heterocycles. The summed E-state index contributed by atoms with van der Waals surface area (Å²) in [6.45, 7) is 1.08. The van der Waals surface area contributed by atoms with E-state index in [1.54, 1.807) is 0 Å². The molecule has 0 N–H and O–H groups in total. The SMILES string of the molecule is ClCc1nc2cc(I)ccc2n1CC1CCCC1. The first-order valence-corrected chi connectivity index (χ1v) is 8.10. The van der Waals surface area contributed by atoms with Crippen molar-refractivity contribution in [3.8, 4) is 0 Å². The van der Waals surface area contributed by atoms with Gasteiger partial charge in [0.15, 0.2) is 0 Å². The van der Waals surface area contributed by atoms with Crippen LogP contribution in [-0.2, 0) is 12.4 Å². The van der Waals surface area contributed by atoms with Crippen molar-refractivity contribution < 1.29 is 0 Å². The number of benzene rings is 1. The fourth-order valence-electron chi connectivity index (χ4n) is 2.91. The minimum absolute atomic E-state index is 0.498. The first-order chi connectivity index (χ1) is 8.78. The standard InChI is InChI=1S/C14H16ClIN2/c15-8-14-17-12-7-11(16)5-6-13(12)18(14)9-10-3-1-2-4-10/h5-7,10H,1-4,8-9H2. The molecule has 4 heteroatoms. The van der Waals surface area contributed by atoms with Gasteiger partial charge in [0.2, 0.25) is 0 Å². The van der Waals surface area contributed by atoms with Gasteiger partial charge in [0.25, 0.3) is 0 Å². The van der Waals surface area contributed by atoms with Crippen LogP contribution in [0.5, 0.6) is 0 Å². The Morgan fingerprint density at radius 2 is 2.11 bits per heavy atom. The highest BCUT2D eigenvalue weighted by Crippen LogP contribution is 2.29. The molecule has 1 fully saturated rings. The van der Waals surface area contributed by atoms with Gasteiger partial charge in [-0.3, -0.25) is 0 Å². The van der Waals surface area contributed by atoms with E-state index in [9.17, 15) is 0 Å². The molecule has 0 radical (unpaired) electrons. The van der Waals surface area contributed by atoms with Gasteiger partial charge in [-0.15, -0.1) is 11.6 Å². The third kappa shape index (κ3) is 2.39. The first-order valence-electron chi connectivity index (χ1n) is 6.48. The highest BCUT2D eigenvalue weighted by molar-refractivity contribution is 14.1. The molecule has 0 atom stereocenters. The summed E-state index contributed by atoms with van der Waals surface area (Å²) in [5.74, 6) is 2.32. The lowest BCUT2D eigenvalue weighted by molar-refractivity contribution is 0.458. The fraction of sp³-hybridized carbons (Fsp3) is 0.500. The second-order valence-electron chi connectivity index (χ2n) is 5.06. The average molecular weight is 375 g/mol. The van der Waals surface area contributed by atoms with Crippen LogP contribution in [0.2, 0.25) is 0 Å². The molecule has 1 aromatic heterocycles. The molecule has 1 aliphatic rings. The number of rotatable bonds is 3. The van der Waals surface area contributed by atoms with Crippen LogP contribution in [0.15, 0.2) is 18.2 Å². The van der Waals surface area contributed by atoms with Crippen LogP contribution in [0.1, 0.15) is 31.5 Å². The Bertz CT molecular complexity index is 558. The topological polar surface area (TPSA) is 17.8 Å². The van der Waals surface area contributed by atoms with Gasteiger partial charge < -0.3 is 4.57 Å². The number of alkyl halides is 1. The van der Waals surface area contributed by atoms with E-state index in [-0.39, 0.29) is 0 Å². The summed E-state index contributed by atoms with van der Waals surface area (Å²) in [4.78, 5) is 4.66. The summed E-state index contributed by atoms with van der Waals surface area (Å²) in [7, 11) is 0. The maximum absolute atomic E-state index is 6.04. The summed E-state index contributed by atoms with van der Waals surface area (Å²) in [5, 5.41) is 0. The van der Waals surface area contributed by atoms with E-state index in [1.807, 2.05) is 0 Å². The van der Waals surface area contributed by atoms with Gasteiger partial charge in [-0.1, -0.05) is 12.8 Å². The highest BCUT2D eigenvalue weighted by Gasteiger charge is 2.18. The zero-order valence-electron chi connectivity index (χ0n) is 10.2. The van der Waals surface area contributed by atoms with Crippen LogP contribution in [0.4, 0.5) is 0 Å². The van der Waals surface area contributed by atoms with Crippen LogP contribution in [0, 0.1) is 9.49 Å². The van der Waals surface area contributed by atoms with Crippen LogP contribution in [-0.4, -0.2) is 9.55 Å². The van der Waals surface area contributed by atoms with E-state index in [0.717, 1.165) is 23.8 Å². The van der Waals surface area contributed by atoms with Gasteiger partial charge in [-0.05, 0) is 59.5 Å². The van der Waals surface area contributed by atoms with Crippen molar-refractivity contribution >= 4 is 45.2 Å². The van der Waals surface area contributed by atoms with Crippen molar-refractivity contribution in [1.82, 2.24) is 9.55 Å². The lowest BCUT2D eigenvalue weighted by Crippen LogP contribution is -2.09. The summed E-state index contributed by atoms with van der Waals surface area (Å²) in [5.41, 5.74) is 2.31. The monoisotopic (exact) mass is 374 g/mol.